The van der Waals surface area contributed by atoms with Crippen molar-refractivity contribution in [1.82, 2.24) is 14.9 Å². The number of hydrogen-bond donors (Lipinski definition) is 0. The zero-order valence-electron chi connectivity index (χ0n) is 15.7. The molecule has 146 valence electrons. The van der Waals surface area contributed by atoms with E-state index in [-0.39, 0.29) is 11.7 Å². The summed E-state index contributed by atoms with van der Waals surface area (Å²) in [4.78, 5) is 24.2. The highest BCUT2D eigenvalue weighted by Gasteiger charge is 2.20. The Morgan fingerprint density at radius 3 is 2.75 bits per heavy atom. The minimum atomic E-state index is -0.250. The van der Waals surface area contributed by atoms with Crippen LogP contribution >= 0.6 is 23.1 Å². The molecule has 3 aromatic rings. The molecule has 0 atom stereocenters. The SMILES string of the molecule is CC1CCN(C(=O)CCSc2ncnc3scc(-c4ccc(F)cc4)c23)CC1. The van der Waals surface area contributed by atoms with E-state index in [4.69, 9.17) is 0 Å². The van der Waals surface area contributed by atoms with Crippen LogP contribution in [0, 0.1) is 11.7 Å². The first-order chi connectivity index (χ1) is 13.6. The van der Waals surface area contributed by atoms with E-state index in [0.717, 1.165) is 58.2 Å². The lowest BCUT2D eigenvalue weighted by Crippen LogP contribution is -2.38. The first-order valence-corrected chi connectivity index (χ1v) is 11.4. The minimum absolute atomic E-state index is 0.230. The van der Waals surface area contributed by atoms with Crippen LogP contribution in [0.3, 0.4) is 0 Å². The van der Waals surface area contributed by atoms with Crippen molar-refractivity contribution in [3.63, 3.8) is 0 Å². The first-order valence-electron chi connectivity index (χ1n) is 9.50. The molecule has 0 spiro atoms. The highest BCUT2D eigenvalue weighted by atomic mass is 32.2. The molecule has 0 bridgehead atoms. The Balaban J connectivity index is 1.47. The predicted molar refractivity (Wildman–Crippen MR) is 113 cm³/mol. The third kappa shape index (κ3) is 4.20. The van der Waals surface area contributed by atoms with Gasteiger partial charge in [-0.1, -0.05) is 19.1 Å². The van der Waals surface area contributed by atoms with Crippen LogP contribution in [0.5, 0.6) is 0 Å². The standard InChI is InChI=1S/C21H22FN3OS2/c1-14-6-9-25(10-7-14)18(26)8-11-27-20-19-17(12-28-21(19)24-13-23-20)15-2-4-16(22)5-3-15/h2-5,12-14H,6-11H2,1H3. The molecule has 4 nitrogen and oxygen atoms in total. The molecule has 4 rings (SSSR count). The largest absolute Gasteiger partial charge is 0.343 e. The van der Waals surface area contributed by atoms with Gasteiger partial charge in [0.2, 0.25) is 5.91 Å². The van der Waals surface area contributed by atoms with Crippen LogP contribution in [0.15, 0.2) is 41.0 Å². The average Bonchev–Trinajstić information content (AvgIpc) is 3.14. The number of nitrogens with zero attached hydrogens (tertiary/aromatic N) is 3. The van der Waals surface area contributed by atoms with E-state index in [9.17, 15) is 9.18 Å². The lowest BCUT2D eigenvalue weighted by atomic mass is 9.99. The summed E-state index contributed by atoms with van der Waals surface area (Å²) in [6.07, 6.45) is 4.28. The number of halogens is 1. The number of benzene rings is 1. The van der Waals surface area contributed by atoms with Crippen molar-refractivity contribution < 1.29 is 9.18 Å². The van der Waals surface area contributed by atoms with Crippen LogP contribution in [0.25, 0.3) is 21.3 Å². The zero-order chi connectivity index (χ0) is 19.5. The van der Waals surface area contributed by atoms with Gasteiger partial charge in [-0.25, -0.2) is 14.4 Å². The van der Waals surface area contributed by atoms with Crippen LogP contribution in [0.4, 0.5) is 4.39 Å². The van der Waals surface area contributed by atoms with Crippen LogP contribution < -0.4 is 0 Å². The maximum atomic E-state index is 13.3. The second-order valence-corrected chi connectivity index (χ2v) is 9.12. The molecule has 0 radical (unpaired) electrons. The lowest BCUT2D eigenvalue weighted by Gasteiger charge is -2.30. The summed E-state index contributed by atoms with van der Waals surface area (Å²) in [5.41, 5.74) is 1.96. The Labute approximate surface area is 172 Å². The summed E-state index contributed by atoms with van der Waals surface area (Å²) >= 11 is 3.15. The molecule has 0 N–H and O–H groups in total. The van der Waals surface area contributed by atoms with Crippen LogP contribution in [-0.2, 0) is 4.79 Å². The van der Waals surface area contributed by atoms with Crippen LogP contribution in [-0.4, -0.2) is 39.6 Å². The molecular weight excluding hydrogens is 393 g/mol. The molecule has 7 heteroatoms. The summed E-state index contributed by atoms with van der Waals surface area (Å²) in [6, 6.07) is 6.49. The maximum absolute atomic E-state index is 13.3. The Kier molecular flexibility index (Phi) is 5.92. The lowest BCUT2D eigenvalue weighted by molar-refractivity contribution is -0.132. The van der Waals surface area contributed by atoms with Gasteiger partial charge in [0.25, 0.3) is 0 Å². The quantitative estimate of drug-likeness (QED) is 0.422. The topological polar surface area (TPSA) is 46.1 Å². The van der Waals surface area contributed by atoms with E-state index in [1.165, 1.54) is 12.1 Å². The fourth-order valence-corrected chi connectivity index (χ4v) is 5.37. The number of hydrogen-bond acceptors (Lipinski definition) is 5. The van der Waals surface area contributed by atoms with Gasteiger partial charge in [0.1, 0.15) is 22.0 Å². The van der Waals surface area contributed by atoms with Gasteiger partial charge in [0, 0.05) is 36.2 Å². The molecule has 1 aliphatic heterocycles. The zero-order valence-corrected chi connectivity index (χ0v) is 17.4. The molecule has 0 saturated carbocycles. The number of amides is 1. The van der Waals surface area contributed by atoms with Crippen LogP contribution in [0.1, 0.15) is 26.2 Å². The monoisotopic (exact) mass is 415 g/mol. The highest BCUT2D eigenvalue weighted by Crippen LogP contribution is 2.38. The number of thiophene rings is 1. The van der Waals surface area contributed by atoms with E-state index in [2.05, 4.69) is 16.9 Å². The van der Waals surface area contributed by atoms with Gasteiger partial charge in [0.15, 0.2) is 0 Å². The van der Waals surface area contributed by atoms with Gasteiger partial charge >= 0.3 is 0 Å². The van der Waals surface area contributed by atoms with E-state index < -0.39 is 0 Å². The normalized spacial score (nSPS) is 15.3. The Hall–Kier alpha value is -1.99. The second-order valence-electron chi connectivity index (χ2n) is 7.18. The van der Waals surface area contributed by atoms with Crippen molar-refractivity contribution in [1.29, 1.82) is 0 Å². The second kappa shape index (κ2) is 8.57. The number of thioether (sulfide) groups is 1. The number of rotatable bonds is 5. The van der Waals surface area contributed by atoms with E-state index in [1.807, 2.05) is 10.3 Å². The predicted octanol–water partition coefficient (Wildman–Crippen LogP) is 5.24. The van der Waals surface area contributed by atoms with Crippen molar-refractivity contribution in [3.05, 3.63) is 41.8 Å². The Morgan fingerprint density at radius 2 is 2.00 bits per heavy atom. The van der Waals surface area contributed by atoms with Crippen molar-refractivity contribution in [2.75, 3.05) is 18.8 Å². The summed E-state index contributed by atoms with van der Waals surface area (Å²) in [7, 11) is 0. The number of aromatic nitrogens is 2. The number of carbonyl (C=O) groups is 1. The van der Waals surface area contributed by atoms with Crippen molar-refractivity contribution in [3.8, 4) is 11.1 Å². The number of fused-ring (bicyclic) bond motifs is 1. The molecule has 1 fully saturated rings. The van der Waals surface area contributed by atoms with Gasteiger partial charge in [-0.3, -0.25) is 4.79 Å². The maximum Gasteiger partial charge on any atom is 0.223 e. The minimum Gasteiger partial charge on any atom is -0.343 e. The van der Waals surface area contributed by atoms with E-state index in [0.29, 0.717) is 12.2 Å². The van der Waals surface area contributed by atoms with Crippen molar-refractivity contribution in [2.45, 2.75) is 31.2 Å². The molecule has 1 amide bonds. The highest BCUT2D eigenvalue weighted by molar-refractivity contribution is 7.99. The summed E-state index contributed by atoms with van der Waals surface area (Å²) < 4.78 is 13.3. The molecular formula is C21H22FN3OS2. The summed E-state index contributed by atoms with van der Waals surface area (Å²) in [5.74, 6) is 1.39. The molecule has 0 unspecified atom stereocenters. The Morgan fingerprint density at radius 1 is 1.25 bits per heavy atom. The van der Waals surface area contributed by atoms with Crippen molar-refractivity contribution in [2.24, 2.45) is 5.92 Å². The number of likely N-dealkylation sites (tertiary alicyclic amines) is 1. The van der Waals surface area contributed by atoms with E-state index >= 15 is 0 Å². The molecule has 3 heterocycles. The van der Waals surface area contributed by atoms with Gasteiger partial charge < -0.3 is 4.90 Å². The average molecular weight is 416 g/mol. The third-order valence-corrected chi connectivity index (χ3v) is 7.06. The molecule has 1 aliphatic rings. The molecule has 1 saturated heterocycles. The molecule has 28 heavy (non-hydrogen) atoms. The van der Waals surface area contributed by atoms with Crippen LogP contribution in [0.2, 0.25) is 0 Å². The van der Waals surface area contributed by atoms with Gasteiger partial charge in [0.05, 0.1) is 5.39 Å². The summed E-state index contributed by atoms with van der Waals surface area (Å²) in [6.45, 7) is 4.00. The van der Waals surface area contributed by atoms with Gasteiger partial charge in [-0.2, -0.15) is 0 Å². The molecule has 2 aromatic heterocycles. The van der Waals surface area contributed by atoms with Gasteiger partial charge in [-0.15, -0.1) is 23.1 Å². The number of piperidine rings is 1. The fourth-order valence-electron chi connectivity index (χ4n) is 3.45. The Bertz CT molecular complexity index is 965. The van der Waals surface area contributed by atoms with Crippen molar-refractivity contribution >= 4 is 39.2 Å². The molecule has 1 aromatic carbocycles. The smallest absolute Gasteiger partial charge is 0.223 e. The summed E-state index contributed by atoms with van der Waals surface area (Å²) in [5, 5.41) is 3.91. The van der Waals surface area contributed by atoms with Gasteiger partial charge in [-0.05, 0) is 36.5 Å². The fraction of sp³-hybridized carbons (Fsp3) is 0.381. The van der Waals surface area contributed by atoms with E-state index in [1.54, 1.807) is 41.6 Å². The number of carbonyl (C=O) groups excluding carboxylic acids is 1. The first kappa shape index (κ1) is 19.3. The third-order valence-electron chi connectivity index (χ3n) is 5.18. The molecule has 0 aliphatic carbocycles.